The largest absolute Gasteiger partial charge is 0.465 e. The highest BCUT2D eigenvalue weighted by molar-refractivity contribution is 6.04. The molecule has 2 N–H and O–H groups in total. The summed E-state index contributed by atoms with van der Waals surface area (Å²) in [6, 6.07) is 13.9. The SMILES string of the molecule is CCc1cc(-c2ccccc2)c2c(c1)C1CN(C(=O)O)CC1NC2=O. The van der Waals surface area contributed by atoms with Gasteiger partial charge in [0.1, 0.15) is 0 Å². The summed E-state index contributed by atoms with van der Waals surface area (Å²) in [5, 5.41) is 12.3. The Morgan fingerprint density at radius 2 is 2.00 bits per heavy atom. The van der Waals surface area contributed by atoms with Crippen LogP contribution in [-0.4, -0.2) is 41.1 Å². The average molecular weight is 336 g/mol. The first-order valence-electron chi connectivity index (χ1n) is 8.59. The van der Waals surface area contributed by atoms with Crippen molar-refractivity contribution < 1.29 is 14.7 Å². The Balaban J connectivity index is 1.88. The second-order valence-corrected chi connectivity index (χ2v) is 6.70. The molecule has 128 valence electrons. The van der Waals surface area contributed by atoms with Crippen LogP contribution in [0.2, 0.25) is 0 Å². The van der Waals surface area contributed by atoms with Gasteiger partial charge in [0.25, 0.3) is 5.91 Å². The van der Waals surface area contributed by atoms with Crippen molar-refractivity contribution in [3.63, 3.8) is 0 Å². The van der Waals surface area contributed by atoms with Crippen LogP contribution >= 0.6 is 0 Å². The normalized spacial score (nSPS) is 21.5. The van der Waals surface area contributed by atoms with Crippen LogP contribution in [0.15, 0.2) is 42.5 Å². The van der Waals surface area contributed by atoms with E-state index in [2.05, 4.69) is 24.4 Å². The number of carbonyl (C=O) groups excluding carboxylic acids is 1. The number of hydrogen-bond acceptors (Lipinski definition) is 2. The number of likely N-dealkylation sites (tertiary alicyclic amines) is 1. The Morgan fingerprint density at radius 3 is 2.68 bits per heavy atom. The van der Waals surface area contributed by atoms with Gasteiger partial charge in [0.05, 0.1) is 11.6 Å². The van der Waals surface area contributed by atoms with Crippen LogP contribution in [0.25, 0.3) is 11.1 Å². The third kappa shape index (κ3) is 2.56. The summed E-state index contributed by atoms with van der Waals surface area (Å²) >= 11 is 0. The molecule has 2 heterocycles. The number of hydrogen-bond donors (Lipinski definition) is 2. The lowest BCUT2D eigenvalue weighted by atomic mass is 9.81. The quantitative estimate of drug-likeness (QED) is 0.885. The molecule has 0 spiro atoms. The second kappa shape index (κ2) is 5.92. The molecular formula is C20H20N2O3. The van der Waals surface area contributed by atoms with Crippen LogP contribution in [-0.2, 0) is 6.42 Å². The van der Waals surface area contributed by atoms with E-state index in [1.807, 2.05) is 30.3 Å². The molecule has 1 fully saturated rings. The third-order valence-corrected chi connectivity index (χ3v) is 5.26. The Bertz CT molecular complexity index is 848. The van der Waals surface area contributed by atoms with E-state index >= 15 is 0 Å². The molecule has 2 aliphatic heterocycles. The highest BCUT2D eigenvalue weighted by Crippen LogP contribution is 2.39. The van der Waals surface area contributed by atoms with E-state index in [0.717, 1.165) is 23.1 Å². The predicted octanol–water partition coefficient (Wildman–Crippen LogP) is 3.11. The van der Waals surface area contributed by atoms with Crippen molar-refractivity contribution in [3.05, 3.63) is 59.2 Å². The fourth-order valence-electron chi connectivity index (χ4n) is 3.98. The van der Waals surface area contributed by atoms with Crippen LogP contribution in [0.5, 0.6) is 0 Å². The minimum atomic E-state index is -0.930. The Morgan fingerprint density at radius 1 is 1.24 bits per heavy atom. The van der Waals surface area contributed by atoms with E-state index < -0.39 is 6.09 Å². The number of carboxylic acid groups (broad SMARTS) is 1. The van der Waals surface area contributed by atoms with Crippen molar-refractivity contribution in [1.29, 1.82) is 0 Å². The van der Waals surface area contributed by atoms with E-state index in [0.29, 0.717) is 18.7 Å². The molecule has 0 aliphatic carbocycles. The molecule has 0 bridgehead atoms. The molecule has 2 amide bonds. The van der Waals surface area contributed by atoms with Crippen molar-refractivity contribution in [2.75, 3.05) is 13.1 Å². The van der Waals surface area contributed by atoms with E-state index in [4.69, 9.17) is 0 Å². The molecule has 2 aliphatic rings. The monoisotopic (exact) mass is 336 g/mol. The molecular weight excluding hydrogens is 316 g/mol. The zero-order valence-electron chi connectivity index (χ0n) is 14.0. The van der Waals surface area contributed by atoms with Crippen LogP contribution in [0, 0.1) is 0 Å². The second-order valence-electron chi connectivity index (χ2n) is 6.70. The van der Waals surface area contributed by atoms with Crippen molar-refractivity contribution in [3.8, 4) is 11.1 Å². The first-order valence-corrected chi connectivity index (χ1v) is 8.59. The highest BCUT2D eigenvalue weighted by atomic mass is 16.4. The van der Waals surface area contributed by atoms with E-state index in [1.54, 1.807) is 0 Å². The Hall–Kier alpha value is -2.82. The summed E-state index contributed by atoms with van der Waals surface area (Å²) in [5.41, 5.74) is 4.78. The first kappa shape index (κ1) is 15.7. The van der Waals surface area contributed by atoms with Gasteiger partial charge >= 0.3 is 6.09 Å². The van der Waals surface area contributed by atoms with Crippen molar-refractivity contribution in [1.82, 2.24) is 10.2 Å². The first-order chi connectivity index (χ1) is 12.1. The molecule has 2 aromatic rings. The van der Waals surface area contributed by atoms with Gasteiger partial charge in [-0.1, -0.05) is 49.4 Å². The lowest BCUT2D eigenvalue weighted by Gasteiger charge is -2.30. The van der Waals surface area contributed by atoms with Crippen molar-refractivity contribution >= 4 is 12.0 Å². The lowest BCUT2D eigenvalue weighted by Crippen LogP contribution is -2.44. The number of nitrogens with zero attached hydrogens (tertiary/aromatic N) is 1. The summed E-state index contributed by atoms with van der Waals surface area (Å²) < 4.78 is 0. The van der Waals surface area contributed by atoms with Gasteiger partial charge in [-0.25, -0.2) is 4.79 Å². The molecule has 0 aromatic heterocycles. The Labute approximate surface area is 146 Å². The minimum absolute atomic E-state index is 0.0118. The number of amides is 2. The molecule has 5 nitrogen and oxygen atoms in total. The van der Waals surface area contributed by atoms with E-state index in [-0.39, 0.29) is 17.9 Å². The fourth-order valence-corrected chi connectivity index (χ4v) is 3.98. The van der Waals surface area contributed by atoms with Gasteiger partial charge in [0.15, 0.2) is 0 Å². The summed E-state index contributed by atoms with van der Waals surface area (Å²) in [7, 11) is 0. The van der Waals surface area contributed by atoms with Crippen molar-refractivity contribution in [2.45, 2.75) is 25.3 Å². The molecule has 25 heavy (non-hydrogen) atoms. The summed E-state index contributed by atoms with van der Waals surface area (Å²) in [6.45, 7) is 2.87. The molecule has 0 saturated carbocycles. The van der Waals surface area contributed by atoms with Crippen LogP contribution in [0.4, 0.5) is 4.79 Å². The number of fused-ring (bicyclic) bond motifs is 3. The number of rotatable bonds is 2. The van der Waals surface area contributed by atoms with Gasteiger partial charge in [-0.05, 0) is 28.7 Å². The number of nitrogens with one attached hydrogen (secondary N) is 1. The Kier molecular flexibility index (Phi) is 3.71. The van der Waals surface area contributed by atoms with Gasteiger partial charge in [-0.2, -0.15) is 0 Å². The smallest absolute Gasteiger partial charge is 0.407 e. The summed E-state index contributed by atoms with van der Waals surface area (Å²) in [4.78, 5) is 25.6. The standard InChI is InChI=1S/C20H20N2O3/c1-2-12-8-14(13-6-4-3-5-7-13)18-15(9-12)16-10-22(20(24)25)11-17(16)21-19(18)23/h3-9,16-17H,2,10-11H2,1H3,(H,21,23)(H,24,25). The molecule has 2 atom stereocenters. The van der Waals surface area contributed by atoms with Gasteiger partial charge in [0, 0.05) is 19.0 Å². The fraction of sp³-hybridized carbons (Fsp3) is 0.300. The predicted molar refractivity (Wildman–Crippen MR) is 94.8 cm³/mol. The van der Waals surface area contributed by atoms with Gasteiger partial charge in [0.2, 0.25) is 0 Å². The van der Waals surface area contributed by atoms with Gasteiger partial charge in [-0.15, -0.1) is 0 Å². The maximum Gasteiger partial charge on any atom is 0.407 e. The summed E-state index contributed by atoms with van der Waals surface area (Å²) in [6.07, 6.45) is -0.0606. The highest BCUT2D eigenvalue weighted by Gasteiger charge is 2.43. The van der Waals surface area contributed by atoms with E-state index in [9.17, 15) is 14.7 Å². The average Bonchev–Trinajstić information content (AvgIpc) is 3.06. The maximum atomic E-state index is 12.8. The number of carbonyl (C=O) groups is 2. The number of benzene rings is 2. The van der Waals surface area contributed by atoms with Crippen LogP contribution in [0.1, 0.15) is 34.3 Å². The zero-order valence-corrected chi connectivity index (χ0v) is 14.0. The molecule has 2 aromatic carbocycles. The molecule has 0 radical (unpaired) electrons. The van der Waals surface area contributed by atoms with Crippen molar-refractivity contribution in [2.24, 2.45) is 0 Å². The van der Waals surface area contributed by atoms with Gasteiger partial charge < -0.3 is 15.3 Å². The number of aryl methyl sites for hydroxylation is 1. The third-order valence-electron chi connectivity index (χ3n) is 5.26. The van der Waals surface area contributed by atoms with Crippen LogP contribution < -0.4 is 5.32 Å². The van der Waals surface area contributed by atoms with Crippen LogP contribution in [0.3, 0.4) is 0 Å². The topological polar surface area (TPSA) is 69.6 Å². The molecule has 2 unspecified atom stereocenters. The maximum absolute atomic E-state index is 12.8. The lowest BCUT2D eigenvalue weighted by molar-refractivity contribution is 0.0922. The molecule has 5 heteroatoms. The minimum Gasteiger partial charge on any atom is -0.465 e. The van der Waals surface area contributed by atoms with Gasteiger partial charge in [-0.3, -0.25) is 4.79 Å². The zero-order chi connectivity index (χ0) is 17.6. The van der Waals surface area contributed by atoms with E-state index in [1.165, 1.54) is 10.5 Å². The summed E-state index contributed by atoms with van der Waals surface area (Å²) in [5.74, 6) is -0.0947. The molecule has 4 rings (SSSR count). The molecule has 1 saturated heterocycles.